The van der Waals surface area contributed by atoms with E-state index in [9.17, 15) is 25.9 Å². The molecular formula is C25H24N2O7S2-2. The summed E-state index contributed by atoms with van der Waals surface area (Å²) in [6, 6.07) is 9.93. The number of aryl methyl sites for hydroxylation is 2. The normalized spacial score (nSPS) is 13.0. The fraction of sp³-hybridized carbons (Fsp3) is 0.240. The Bertz CT molecular complexity index is 1760. The predicted octanol–water partition coefficient (Wildman–Crippen LogP) is 3.98. The van der Waals surface area contributed by atoms with Crippen molar-refractivity contribution in [3.05, 3.63) is 58.9 Å². The van der Waals surface area contributed by atoms with Crippen LogP contribution in [0.3, 0.4) is 0 Å². The molecule has 0 saturated carbocycles. The Hall–Kier alpha value is -3.25. The molecule has 0 bridgehead atoms. The molecule has 1 aliphatic heterocycles. The Morgan fingerprint density at radius 3 is 2.22 bits per heavy atom. The molecule has 1 heterocycles. The highest BCUT2D eigenvalue weighted by Gasteiger charge is 2.23. The van der Waals surface area contributed by atoms with E-state index in [0.29, 0.717) is 52.4 Å². The van der Waals surface area contributed by atoms with E-state index in [1.165, 1.54) is 6.07 Å². The summed E-state index contributed by atoms with van der Waals surface area (Å²) in [5.41, 5.74) is 3.72. The molecule has 2 aromatic rings. The van der Waals surface area contributed by atoms with Crippen molar-refractivity contribution >= 4 is 36.9 Å². The summed E-state index contributed by atoms with van der Waals surface area (Å²) in [7, 11) is -10.2. The first-order chi connectivity index (χ1) is 16.8. The van der Waals surface area contributed by atoms with E-state index < -0.39 is 30.0 Å². The zero-order valence-corrected chi connectivity index (χ0v) is 21.7. The van der Waals surface area contributed by atoms with Crippen molar-refractivity contribution in [1.82, 2.24) is 0 Å². The lowest BCUT2D eigenvalue weighted by molar-refractivity contribution is 0.461. The second kappa shape index (κ2) is 9.32. The number of fused-ring (bicyclic) bond motifs is 2. The van der Waals surface area contributed by atoms with Crippen molar-refractivity contribution in [1.29, 1.82) is 0 Å². The number of anilines is 1. The summed E-state index contributed by atoms with van der Waals surface area (Å²) in [5, 5.41) is 4.46. The molecule has 36 heavy (non-hydrogen) atoms. The van der Waals surface area contributed by atoms with Gasteiger partial charge in [-0.15, -0.1) is 0 Å². The van der Waals surface area contributed by atoms with Gasteiger partial charge >= 0.3 is 0 Å². The van der Waals surface area contributed by atoms with Gasteiger partial charge in [0.1, 0.15) is 31.6 Å². The van der Waals surface area contributed by atoms with Crippen LogP contribution in [0.2, 0.25) is 0 Å². The van der Waals surface area contributed by atoms with E-state index in [2.05, 4.69) is 10.3 Å². The van der Waals surface area contributed by atoms with Crippen LogP contribution in [0.1, 0.15) is 25.0 Å². The van der Waals surface area contributed by atoms with Gasteiger partial charge in [0.15, 0.2) is 0 Å². The van der Waals surface area contributed by atoms with Gasteiger partial charge in [0.25, 0.3) is 0 Å². The molecule has 0 aromatic heterocycles. The summed E-state index contributed by atoms with van der Waals surface area (Å²) in [6.45, 7) is 8.77. The Kier molecular flexibility index (Phi) is 6.69. The molecule has 190 valence electrons. The first-order valence-corrected chi connectivity index (χ1v) is 14.0. The van der Waals surface area contributed by atoms with E-state index in [0.717, 1.165) is 22.9 Å². The minimum atomic E-state index is -5.17. The maximum Gasteiger partial charge on any atom is 0.137 e. The second-order valence-electron chi connectivity index (χ2n) is 8.35. The molecule has 9 nitrogen and oxygen atoms in total. The van der Waals surface area contributed by atoms with Gasteiger partial charge in [0, 0.05) is 53.0 Å². The van der Waals surface area contributed by atoms with Crippen molar-refractivity contribution in [2.24, 2.45) is 4.99 Å². The minimum Gasteiger partial charge on any atom is -0.744 e. The van der Waals surface area contributed by atoms with Gasteiger partial charge in [-0.2, -0.15) is 0 Å². The summed E-state index contributed by atoms with van der Waals surface area (Å²) in [6.07, 6.45) is 0. The Morgan fingerprint density at radius 2 is 1.61 bits per heavy atom. The molecule has 11 heteroatoms. The molecule has 0 radical (unpaired) electrons. The van der Waals surface area contributed by atoms with Crippen molar-refractivity contribution in [3.63, 3.8) is 0 Å². The molecule has 1 aliphatic carbocycles. The number of hydrogen-bond acceptors (Lipinski definition) is 9. The number of nitrogens with one attached hydrogen (secondary N) is 1. The van der Waals surface area contributed by atoms with Gasteiger partial charge in [0.2, 0.25) is 0 Å². The molecule has 0 saturated heterocycles. The van der Waals surface area contributed by atoms with Gasteiger partial charge in [-0.25, -0.2) is 16.8 Å². The fourth-order valence-corrected chi connectivity index (χ4v) is 5.55. The summed E-state index contributed by atoms with van der Waals surface area (Å²) >= 11 is 0. The lowest BCUT2D eigenvalue weighted by Crippen LogP contribution is -2.10. The highest BCUT2D eigenvalue weighted by atomic mass is 32.2. The third kappa shape index (κ3) is 4.74. The highest BCUT2D eigenvalue weighted by Crippen LogP contribution is 2.44. The van der Waals surface area contributed by atoms with E-state index in [4.69, 9.17) is 4.42 Å². The van der Waals surface area contributed by atoms with Crippen LogP contribution in [0.25, 0.3) is 33.4 Å². The molecule has 0 atom stereocenters. The van der Waals surface area contributed by atoms with Crippen molar-refractivity contribution in [2.75, 3.05) is 18.4 Å². The molecule has 1 N–H and O–H groups in total. The third-order valence-electron chi connectivity index (χ3n) is 5.86. The topological polar surface area (TPSA) is 152 Å². The summed E-state index contributed by atoms with van der Waals surface area (Å²) in [4.78, 5) is 2.87. The maximum atomic E-state index is 12.3. The van der Waals surface area contributed by atoms with E-state index in [1.807, 2.05) is 33.8 Å². The molecule has 0 spiro atoms. The minimum absolute atomic E-state index is 0.0293. The molecule has 0 fully saturated rings. The van der Waals surface area contributed by atoms with Gasteiger partial charge in [0.05, 0.1) is 15.1 Å². The quantitative estimate of drug-likeness (QED) is 0.291. The monoisotopic (exact) mass is 528 g/mol. The smallest absolute Gasteiger partial charge is 0.137 e. The van der Waals surface area contributed by atoms with E-state index in [-0.39, 0.29) is 5.56 Å². The lowest BCUT2D eigenvalue weighted by Gasteiger charge is -2.21. The van der Waals surface area contributed by atoms with Crippen LogP contribution in [0.15, 0.2) is 61.7 Å². The highest BCUT2D eigenvalue weighted by molar-refractivity contribution is 7.86. The first kappa shape index (κ1) is 25.8. The van der Waals surface area contributed by atoms with Crippen molar-refractivity contribution in [2.45, 2.75) is 37.5 Å². The lowest BCUT2D eigenvalue weighted by atomic mass is 9.91. The third-order valence-corrected chi connectivity index (χ3v) is 7.57. The SMILES string of the molecule is CCN=c1cc2oc3cc(NCC)c(C)cc3c(-c3ccc(S(=O)(=O)[O-])cc3S(=O)(=O)[O-])c-2cc1C. The van der Waals surface area contributed by atoms with Gasteiger partial charge < -0.3 is 18.8 Å². The molecule has 4 rings (SSSR count). The van der Waals surface area contributed by atoms with E-state index in [1.54, 1.807) is 18.2 Å². The van der Waals surface area contributed by atoms with Gasteiger partial charge in [-0.1, -0.05) is 6.07 Å². The van der Waals surface area contributed by atoms with Crippen LogP contribution in [0.5, 0.6) is 0 Å². The van der Waals surface area contributed by atoms with Crippen molar-refractivity contribution < 1.29 is 30.4 Å². The maximum absolute atomic E-state index is 12.3. The molecule has 0 unspecified atom stereocenters. The Morgan fingerprint density at radius 1 is 0.889 bits per heavy atom. The van der Waals surface area contributed by atoms with Gasteiger partial charge in [-0.3, -0.25) is 4.99 Å². The second-order valence-corrected chi connectivity index (χ2v) is 11.1. The molecule has 2 aliphatic rings. The molecular weight excluding hydrogens is 504 g/mol. The standard InChI is InChI=1S/C25H26N2O7S2/c1-5-26-20-12-22-18(9-14(20)3)25(19-10-15(4)21(27-6-2)13-23(19)34-22)17-8-7-16(35(28,29)30)11-24(17)36(31,32)33/h7-13,26H,5-6H2,1-4H3,(H,28,29,30)(H,31,32,33)/p-2. The predicted molar refractivity (Wildman–Crippen MR) is 134 cm³/mol. The van der Waals surface area contributed by atoms with Crippen LogP contribution in [0.4, 0.5) is 5.69 Å². The average molecular weight is 529 g/mol. The Balaban J connectivity index is 2.24. The van der Waals surface area contributed by atoms with Crippen LogP contribution in [-0.4, -0.2) is 39.0 Å². The Labute approximate surface area is 209 Å². The first-order valence-electron chi connectivity index (χ1n) is 11.2. The van der Waals surface area contributed by atoms with Crippen LogP contribution < -0.4 is 10.7 Å². The number of benzene rings is 3. The summed E-state index contributed by atoms with van der Waals surface area (Å²) in [5.74, 6) is 0.399. The van der Waals surface area contributed by atoms with Crippen molar-refractivity contribution in [3.8, 4) is 22.5 Å². The zero-order chi connectivity index (χ0) is 26.4. The molecule has 2 aromatic carbocycles. The fourth-order valence-electron chi connectivity index (χ4n) is 4.27. The zero-order valence-electron chi connectivity index (χ0n) is 20.1. The van der Waals surface area contributed by atoms with Crippen LogP contribution in [0, 0.1) is 13.8 Å². The van der Waals surface area contributed by atoms with Crippen LogP contribution in [-0.2, 0) is 20.2 Å². The summed E-state index contributed by atoms with van der Waals surface area (Å²) < 4.78 is 77.9. The number of rotatable bonds is 6. The largest absolute Gasteiger partial charge is 0.744 e. The van der Waals surface area contributed by atoms with Crippen LogP contribution >= 0.6 is 0 Å². The van der Waals surface area contributed by atoms with E-state index >= 15 is 0 Å². The van der Waals surface area contributed by atoms with Gasteiger partial charge in [-0.05, 0) is 63.1 Å². The number of nitrogens with zero attached hydrogens (tertiary/aromatic N) is 1. The molecule has 0 amide bonds. The average Bonchev–Trinajstić information content (AvgIpc) is 2.78. The number of hydrogen-bond donors (Lipinski definition) is 1.